The maximum Gasteiger partial charge on any atom is 0.346 e. The fourth-order valence-electron chi connectivity index (χ4n) is 3.32. The Morgan fingerprint density at radius 2 is 1.60 bits per heavy atom. The maximum absolute atomic E-state index is 12.7. The molecule has 0 spiro atoms. The van der Waals surface area contributed by atoms with Crippen LogP contribution in [-0.4, -0.2) is 17.1 Å². The molecule has 30 heavy (non-hydrogen) atoms. The van der Waals surface area contributed by atoms with E-state index in [1.54, 1.807) is 0 Å². The first-order valence-corrected chi connectivity index (χ1v) is 10.2. The number of pyridine rings is 1. The highest BCUT2D eigenvalue weighted by atomic mass is 35.7. The molecule has 9 heteroatoms. The van der Waals surface area contributed by atoms with E-state index in [0.717, 1.165) is 27.9 Å². The van der Waals surface area contributed by atoms with Crippen molar-refractivity contribution >= 4 is 22.6 Å². The van der Waals surface area contributed by atoms with Gasteiger partial charge in [-0.25, -0.2) is 23.4 Å². The molecule has 4 rings (SSSR count). The third kappa shape index (κ3) is 4.59. The fourth-order valence-corrected chi connectivity index (χ4v) is 3.32. The fraction of sp³-hybridized carbons (Fsp3) is 0.143. The van der Waals surface area contributed by atoms with Crippen LogP contribution in [0.5, 0.6) is 0 Å². The van der Waals surface area contributed by atoms with Crippen molar-refractivity contribution in [2.24, 2.45) is 0 Å². The number of imidazole rings is 1. The molecular weight excluding hydrogens is 412 g/mol. The van der Waals surface area contributed by atoms with Gasteiger partial charge in [0.2, 0.25) is 0 Å². The van der Waals surface area contributed by atoms with Gasteiger partial charge in [-0.3, -0.25) is 0 Å². The quantitative estimate of drug-likeness (QED) is 0.306. The lowest BCUT2D eigenvalue weighted by Gasteiger charge is -2.17. The number of carbonyl (C=O) groups is 1. The highest BCUT2D eigenvalue weighted by Crippen LogP contribution is 2.25. The van der Waals surface area contributed by atoms with Gasteiger partial charge in [-0.05, 0) is 49.7 Å². The zero-order chi connectivity index (χ0) is 21.9. The van der Waals surface area contributed by atoms with Gasteiger partial charge in [-0.1, -0.05) is 30.3 Å². The average Bonchev–Trinajstić information content (AvgIpc) is 3.01. The number of aryl methyl sites for hydroxylation is 1. The molecule has 0 N–H and O–H groups in total. The number of para-hydroxylation sites is 3. The largest absolute Gasteiger partial charge is 0.462 e. The highest BCUT2D eigenvalue weighted by Gasteiger charge is 2.28. The molecule has 0 aliphatic carbocycles. The van der Waals surface area contributed by atoms with E-state index in [4.69, 9.17) is 23.4 Å². The summed E-state index contributed by atoms with van der Waals surface area (Å²) in [5.74, 6) is -0.293. The molecule has 0 bridgehead atoms. The van der Waals surface area contributed by atoms with Crippen LogP contribution in [0.3, 0.4) is 0 Å². The SMILES string of the molecule is CCOC(=O)c1c(C)cc[n+]2c3ccccc3n(-c3ccccc3)c12.[O-][Cl+3]([O-])([O-])[O-]. The molecule has 0 amide bonds. The second kappa shape index (κ2) is 8.78. The van der Waals surface area contributed by atoms with Crippen LogP contribution in [0.4, 0.5) is 0 Å². The summed E-state index contributed by atoms with van der Waals surface area (Å²) in [7, 11) is -4.94. The molecule has 0 aliphatic rings. The van der Waals surface area contributed by atoms with Crippen molar-refractivity contribution < 1.29 is 42.8 Å². The summed E-state index contributed by atoms with van der Waals surface area (Å²) in [6, 6.07) is 20.2. The van der Waals surface area contributed by atoms with Crippen LogP contribution in [-0.2, 0) is 4.74 Å². The summed E-state index contributed by atoms with van der Waals surface area (Å²) in [4.78, 5) is 12.7. The van der Waals surface area contributed by atoms with E-state index in [1.165, 1.54) is 0 Å². The number of rotatable bonds is 3. The highest BCUT2D eigenvalue weighted by molar-refractivity contribution is 5.98. The van der Waals surface area contributed by atoms with Gasteiger partial charge < -0.3 is 4.74 Å². The topological polar surface area (TPSA) is 128 Å². The standard InChI is InChI=1S/C21H19N2O2.ClHO4/c1-3-25-21(24)19-15(2)13-14-22-17-11-7-8-12-18(17)23(20(19)22)16-9-5-4-6-10-16;2-1(3,4)5/h4-14H,3H2,1-2H3;(H,2,3,4,5)/q+1;/p-1. The zero-order valence-electron chi connectivity index (χ0n) is 16.3. The number of hydrogen-bond donors (Lipinski definition) is 0. The van der Waals surface area contributed by atoms with Crippen LogP contribution in [0.15, 0.2) is 66.9 Å². The first-order chi connectivity index (χ1) is 14.2. The Morgan fingerprint density at radius 3 is 2.23 bits per heavy atom. The van der Waals surface area contributed by atoms with Crippen molar-refractivity contribution in [3.63, 3.8) is 0 Å². The molecule has 0 unspecified atom stereocenters. The summed E-state index contributed by atoms with van der Waals surface area (Å²) in [5, 5.41) is 0. The Labute approximate surface area is 174 Å². The maximum atomic E-state index is 12.7. The van der Waals surface area contributed by atoms with Gasteiger partial charge in [0, 0.05) is 0 Å². The van der Waals surface area contributed by atoms with E-state index in [0.29, 0.717) is 12.2 Å². The van der Waals surface area contributed by atoms with Gasteiger partial charge in [-0.15, -0.1) is 10.2 Å². The van der Waals surface area contributed by atoms with E-state index in [2.05, 4.69) is 21.1 Å². The predicted molar refractivity (Wildman–Crippen MR) is 97.1 cm³/mol. The molecule has 0 aliphatic heterocycles. The second-order valence-electron chi connectivity index (χ2n) is 6.33. The number of esters is 1. The Kier molecular flexibility index (Phi) is 6.35. The van der Waals surface area contributed by atoms with Crippen LogP contribution < -0.4 is 23.0 Å². The minimum absolute atomic E-state index is 0.293. The first-order valence-electron chi connectivity index (χ1n) is 9.01. The Bertz CT molecular complexity index is 1180. The molecule has 0 fully saturated rings. The molecule has 8 nitrogen and oxygen atoms in total. The van der Waals surface area contributed by atoms with E-state index in [1.807, 2.05) is 68.6 Å². The Morgan fingerprint density at radius 1 is 1.00 bits per heavy atom. The van der Waals surface area contributed by atoms with Crippen molar-refractivity contribution in [3.8, 4) is 5.69 Å². The lowest BCUT2D eigenvalue weighted by atomic mass is 10.1. The normalized spacial score (nSPS) is 11.3. The van der Waals surface area contributed by atoms with Crippen molar-refractivity contribution in [3.05, 3.63) is 78.0 Å². The number of hydrogen-bond acceptors (Lipinski definition) is 6. The van der Waals surface area contributed by atoms with E-state index < -0.39 is 10.2 Å². The summed E-state index contributed by atoms with van der Waals surface area (Å²) in [6.07, 6.45) is 2.01. The molecule has 2 heterocycles. The van der Waals surface area contributed by atoms with Gasteiger partial charge in [0.15, 0.2) is 16.6 Å². The number of carbonyl (C=O) groups excluding carboxylic acids is 1. The third-order valence-electron chi connectivity index (χ3n) is 4.41. The molecule has 0 atom stereocenters. The molecule has 0 radical (unpaired) electrons. The summed E-state index contributed by atoms with van der Waals surface area (Å²) in [5.41, 5.74) is 5.43. The molecule has 0 saturated heterocycles. The Balaban J connectivity index is 0.000000461. The van der Waals surface area contributed by atoms with E-state index in [9.17, 15) is 4.79 Å². The van der Waals surface area contributed by atoms with Gasteiger partial charge in [0.25, 0.3) is 0 Å². The summed E-state index contributed by atoms with van der Waals surface area (Å²) < 4.78 is 43.5. The monoisotopic (exact) mass is 430 g/mol. The average molecular weight is 431 g/mol. The lowest BCUT2D eigenvalue weighted by molar-refractivity contribution is -2.00. The minimum Gasteiger partial charge on any atom is -0.462 e. The molecule has 2 aromatic carbocycles. The van der Waals surface area contributed by atoms with E-state index in [-0.39, 0.29) is 5.97 Å². The van der Waals surface area contributed by atoms with Crippen molar-refractivity contribution in [1.82, 2.24) is 4.57 Å². The lowest BCUT2D eigenvalue weighted by Crippen LogP contribution is -2.68. The number of benzene rings is 2. The molecule has 156 valence electrons. The summed E-state index contributed by atoms with van der Waals surface area (Å²) >= 11 is 0. The number of halogens is 1. The van der Waals surface area contributed by atoms with Crippen LogP contribution >= 0.6 is 0 Å². The third-order valence-corrected chi connectivity index (χ3v) is 4.41. The predicted octanol–water partition coefficient (Wildman–Crippen LogP) is -0.902. The Hall–Kier alpha value is -3.01. The number of nitrogens with zero attached hydrogens (tertiary/aromatic N) is 2. The van der Waals surface area contributed by atoms with Gasteiger partial charge in [0.1, 0.15) is 5.69 Å². The minimum atomic E-state index is -4.94. The van der Waals surface area contributed by atoms with Crippen molar-refractivity contribution in [2.45, 2.75) is 13.8 Å². The molecule has 4 aromatic rings. The van der Waals surface area contributed by atoms with Gasteiger partial charge in [-0.2, -0.15) is 8.97 Å². The van der Waals surface area contributed by atoms with Crippen molar-refractivity contribution in [1.29, 1.82) is 0 Å². The summed E-state index contributed by atoms with van der Waals surface area (Å²) in [6.45, 7) is 4.12. The molecular formula is C21H19ClN2O6. The zero-order valence-corrected chi connectivity index (χ0v) is 17.0. The van der Waals surface area contributed by atoms with Gasteiger partial charge >= 0.3 is 11.6 Å². The number of ether oxygens (including phenoxy) is 1. The molecule has 2 aromatic heterocycles. The second-order valence-corrected chi connectivity index (χ2v) is 7.08. The van der Waals surface area contributed by atoms with Crippen LogP contribution in [0.2, 0.25) is 0 Å². The smallest absolute Gasteiger partial charge is 0.346 e. The van der Waals surface area contributed by atoms with Crippen LogP contribution in [0, 0.1) is 17.2 Å². The van der Waals surface area contributed by atoms with Crippen LogP contribution in [0.1, 0.15) is 22.8 Å². The number of aromatic nitrogens is 2. The number of fused-ring (bicyclic) bond motifs is 3. The van der Waals surface area contributed by atoms with Crippen LogP contribution in [0.25, 0.3) is 22.4 Å². The van der Waals surface area contributed by atoms with E-state index >= 15 is 0 Å². The first kappa shape index (κ1) is 21.7. The van der Waals surface area contributed by atoms with Gasteiger partial charge in [0.05, 0.1) is 12.8 Å². The molecule has 0 saturated carbocycles. The van der Waals surface area contributed by atoms with Crippen molar-refractivity contribution in [2.75, 3.05) is 6.61 Å².